The molecule has 4 fully saturated rings. The van der Waals surface area contributed by atoms with Crippen LogP contribution in [0.25, 0.3) is 0 Å². The Hall–Kier alpha value is -1.33. The number of carboxylic acids is 1. The molecule has 0 aromatic rings. The Morgan fingerprint density at radius 3 is 1.90 bits per heavy atom. The monoisotopic (exact) mass is 735 g/mol. The summed E-state index contributed by atoms with van der Waals surface area (Å²) in [6.07, 6.45) is -27.4. The first-order valence-corrected chi connectivity index (χ1v) is 16.0. The quantitative estimate of drug-likeness (QED) is 0.0884. The predicted octanol–water partition coefficient (Wildman–Crippen LogP) is -8.27. The number of nitrogens with two attached hydrogens (primary N) is 1. The summed E-state index contributed by atoms with van der Waals surface area (Å²) in [7, 11) is 0. The Labute approximate surface area is 284 Å². The zero-order valence-corrected chi connectivity index (χ0v) is 27.1. The minimum atomic E-state index is -3.15. The van der Waals surface area contributed by atoms with Crippen LogP contribution in [0.15, 0.2) is 0 Å². The first-order valence-electron chi connectivity index (χ1n) is 16.0. The molecule has 4 rings (SSSR count). The molecule has 7 unspecified atom stereocenters. The molecule has 0 amide bonds. The number of aliphatic hydroxyl groups excluding tert-OH is 11. The highest BCUT2D eigenvalue weighted by atomic mass is 16.8. The molecule has 0 bridgehead atoms. The van der Waals surface area contributed by atoms with Gasteiger partial charge < -0.3 is 105 Å². The van der Waals surface area contributed by atoms with Crippen LogP contribution in [0, 0.1) is 5.92 Å². The van der Waals surface area contributed by atoms with Gasteiger partial charge in [-0.05, 0) is 6.92 Å². The van der Waals surface area contributed by atoms with Crippen molar-refractivity contribution in [2.24, 2.45) is 11.7 Å². The smallest absolute Gasteiger partial charge is 0.364 e. The molecule has 4 saturated heterocycles. The third-order valence-corrected chi connectivity index (χ3v) is 9.66. The maximum atomic E-state index is 12.5. The summed E-state index contributed by atoms with van der Waals surface area (Å²) in [6, 6.07) is -1.87. The third kappa shape index (κ3) is 7.67. The highest BCUT2D eigenvalue weighted by molar-refractivity contribution is 5.76. The normalized spacial score (nSPS) is 50.9. The van der Waals surface area contributed by atoms with Crippen molar-refractivity contribution in [1.29, 1.82) is 0 Å². The van der Waals surface area contributed by atoms with E-state index in [0.29, 0.717) is 0 Å². The summed E-state index contributed by atoms with van der Waals surface area (Å²) < 4.78 is 39.2. The summed E-state index contributed by atoms with van der Waals surface area (Å²) in [4.78, 5) is 12.5. The topological polar surface area (TPSA) is 371 Å². The van der Waals surface area contributed by atoms with E-state index in [2.05, 4.69) is 0 Å². The number of ether oxygens (including phenoxy) is 7. The van der Waals surface area contributed by atoms with Gasteiger partial charge in [-0.25, -0.2) is 4.79 Å². The average molecular weight is 736 g/mol. The molecule has 0 aliphatic carbocycles. The molecule has 22 nitrogen and oxygen atoms in total. The lowest BCUT2D eigenvalue weighted by atomic mass is 9.87. The molecule has 4 heterocycles. The third-order valence-electron chi connectivity index (χ3n) is 9.66. The Morgan fingerprint density at radius 1 is 0.780 bits per heavy atom. The summed E-state index contributed by atoms with van der Waals surface area (Å²) in [5.41, 5.74) is 5.74. The van der Waals surface area contributed by atoms with Crippen LogP contribution >= 0.6 is 0 Å². The number of aliphatic carboxylic acids is 1. The molecule has 0 spiro atoms. The Bertz CT molecular complexity index is 1120. The van der Waals surface area contributed by atoms with Gasteiger partial charge in [0.1, 0.15) is 67.1 Å². The van der Waals surface area contributed by atoms with Crippen LogP contribution in [0.1, 0.15) is 20.3 Å². The van der Waals surface area contributed by atoms with E-state index in [-0.39, 0.29) is 0 Å². The van der Waals surface area contributed by atoms with Gasteiger partial charge in [0.2, 0.25) is 5.79 Å². The minimum absolute atomic E-state index is 0.583. The fourth-order valence-corrected chi connectivity index (χ4v) is 6.55. The van der Waals surface area contributed by atoms with Crippen molar-refractivity contribution in [1.82, 2.24) is 0 Å². The number of rotatable bonds is 12. The molecule has 15 N–H and O–H groups in total. The minimum Gasteiger partial charge on any atom is -0.477 e. The molecule has 4 aliphatic heterocycles. The van der Waals surface area contributed by atoms with E-state index in [0.717, 1.165) is 0 Å². The van der Waals surface area contributed by atoms with Gasteiger partial charge in [-0.15, -0.1) is 0 Å². The molecule has 22 heteroatoms. The lowest BCUT2D eigenvalue weighted by Gasteiger charge is -2.52. The van der Waals surface area contributed by atoms with Crippen LogP contribution in [0.2, 0.25) is 0 Å². The number of carboxylic acid groups (broad SMARTS) is 1. The van der Waals surface area contributed by atoms with Crippen LogP contribution in [-0.2, 0) is 38.0 Å². The van der Waals surface area contributed by atoms with Crippen molar-refractivity contribution >= 4 is 5.97 Å². The van der Waals surface area contributed by atoms with E-state index in [1.54, 1.807) is 0 Å². The molecular weight excluding hydrogens is 686 g/mol. The first-order chi connectivity index (χ1) is 23.4. The van der Waals surface area contributed by atoms with Crippen molar-refractivity contribution in [3.63, 3.8) is 0 Å². The summed E-state index contributed by atoms with van der Waals surface area (Å²) >= 11 is 0. The predicted molar refractivity (Wildman–Crippen MR) is 155 cm³/mol. The fourth-order valence-electron chi connectivity index (χ4n) is 6.55. The zero-order chi connectivity index (χ0) is 37.5. The lowest BCUT2D eigenvalue weighted by Crippen LogP contribution is -2.74. The second kappa shape index (κ2) is 16.4. The van der Waals surface area contributed by atoms with Crippen LogP contribution < -0.4 is 5.73 Å². The summed E-state index contributed by atoms with van der Waals surface area (Å²) in [5, 5.41) is 135. The van der Waals surface area contributed by atoms with Gasteiger partial charge in [0.05, 0.1) is 50.8 Å². The fraction of sp³-hybridized carbons (Fsp3) is 0.964. The van der Waals surface area contributed by atoms with Gasteiger partial charge in [-0.3, -0.25) is 0 Å². The van der Waals surface area contributed by atoms with Crippen LogP contribution in [0.4, 0.5) is 0 Å². The molecule has 50 heavy (non-hydrogen) atoms. The van der Waals surface area contributed by atoms with E-state index >= 15 is 0 Å². The lowest BCUT2D eigenvalue weighted by molar-refractivity contribution is -0.425. The molecule has 0 aromatic heterocycles. The molecular formula is C28H49NO21. The molecule has 4 aliphatic rings. The number of aliphatic hydroxyl groups is 12. The molecule has 20 atom stereocenters. The number of hydrogen-bond acceptors (Lipinski definition) is 21. The van der Waals surface area contributed by atoms with Gasteiger partial charge >= 0.3 is 5.97 Å². The van der Waals surface area contributed by atoms with E-state index in [1.807, 2.05) is 0 Å². The van der Waals surface area contributed by atoms with Crippen molar-refractivity contribution in [2.75, 3.05) is 26.4 Å². The Kier molecular flexibility index (Phi) is 13.6. The van der Waals surface area contributed by atoms with E-state index < -0.39 is 160 Å². The van der Waals surface area contributed by atoms with Crippen molar-refractivity contribution < 1.29 is 104 Å². The van der Waals surface area contributed by atoms with Crippen LogP contribution in [0.3, 0.4) is 0 Å². The van der Waals surface area contributed by atoms with Crippen molar-refractivity contribution in [3.8, 4) is 0 Å². The Morgan fingerprint density at radius 2 is 1.34 bits per heavy atom. The summed E-state index contributed by atoms with van der Waals surface area (Å²) in [5.74, 6) is -9.32. The Balaban J connectivity index is 1.55. The van der Waals surface area contributed by atoms with Gasteiger partial charge in [0, 0.05) is 12.3 Å². The second-order valence-corrected chi connectivity index (χ2v) is 13.0. The standard InChI is InChI=1S/C28H49NO21/c1-8-15(36)21(13(6-32)46-24(8)47-20-9(2)44-11(4-30)16(37)18(20)39)48-25-19(40)22(17(38)12(5-31)45-25)49-27(26(41)42)3-10(34)23(29)28(43,50-27)14(35)7-33/h8-25,30-40,43H,3-7,29H2,1-2H3,(H,41,42)/t8?,9-,10-,11?,12?,13+,14?,15?,16-,17+,18?,19+,20+,21-,22?,23-,24+,25+,27-,28-/m1/s1. The van der Waals surface area contributed by atoms with Crippen LogP contribution in [-0.4, -0.2) is 214 Å². The van der Waals surface area contributed by atoms with Gasteiger partial charge in [-0.2, -0.15) is 0 Å². The van der Waals surface area contributed by atoms with Gasteiger partial charge in [0.25, 0.3) is 5.79 Å². The number of carbonyl (C=O) groups is 1. The summed E-state index contributed by atoms with van der Waals surface area (Å²) in [6.45, 7) is -0.656. The molecule has 0 radical (unpaired) electrons. The van der Waals surface area contributed by atoms with E-state index in [4.69, 9.17) is 38.9 Å². The molecule has 0 saturated carbocycles. The highest BCUT2D eigenvalue weighted by Crippen LogP contribution is 2.41. The van der Waals surface area contributed by atoms with E-state index in [1.165, 1.54) is 13.8 Å². The molecule has 0 aromatic carbocycles. The first kappa shape index (κ1) is 41.4. The molecule has 292 valence electrons. The largest absolute Gasteiger partial charge is 0.477 e. The van der Waals surface area contributed by atoms with Gasteiger partial charge in [0.15, 0.2) is 12.6 Å². The van der Waals surface area contributed by atoms with E-state index in [9.17, 15) is 71.2 Å². The SMILES string of the molecule is CC1C(O)[C@H](O[C@@H]2OC(CO)[C@H](O)C(O[C@]3(C(=O)O)C[C@@H](O)[C@@H](N)[C@@](O)(C(O)CO)O3)[C@@H]2O)[C@H](CO)O[C@H]1O[C@@H]1C(O)[C@H](O)C(CO)O[C@@H]1C. The van der Waals surface area contributed by atoms with Gasteiger partial charge in [-0.1, -0.05) is 6.92 Å². The van der Waals surface area contributed by atoms with Crippen molar-refractivity contribution in [3.05, 3.63) is 0 Å². The highest BCUT2D eigenvalue weighted by Gasteiger charge is 2.64. The zero-order valence-electron chi connectivity index (χ0n) is 27.1. The maximum absolute atomic E-state index is 12.5. The number of hydrogen-bond donors (Lipinski definition) is 14. The van der Waals surface area contributed by atoms with Crippen LogP contribution in [0.5, 0.6) is 0 Å². The maximum Gasteiger partial charge on any atom is 0.364 e. The average Bonchev–Trinajstić information content (AvgIpc) is 3.08. The van der Waals surface area contributed by atoms with Crippen molar-refractivity contribution in [2.45, 2.75) is 136 Å². The second-order valence-electron chi connectivity index (χ2n) is 13.0.